The largest absolute Gasteiger partial charge is 0.377 e. The molecule has 0 aromatic carbocycles. The summed E-state index contributed by atoms with van der Waals surface area (Å²) in [7, 11) is 1.50. The zero-order chi connectivity index (χ0) is 13.2. The molecule has 0 N–H and O–H groups in total. The summed E-state index contributed by atoms with van der Waals surface area (Å²) in [4.78, 5) is 17.5. The summed E-state index contributed by atoms with van der Waals surface area (Å²) >= 11 is 0. The number of methoxy groups -OCH3 is 1. The van der Waals surface area contributed by atoms with E-state index in [4.69, 9.17) is 10.00 Å². The number of ketones is 1. The molecule has 1 aromatic rings. The van der Waals surface area contributed by atoms with Gasteiger partial charge in [0.1, 0.15) is 6.61 Å². The van der Waals surface area contributed by atoms with E-state index >= 15 is 0 Å². The zero-order valence-electron chi connectivity index (χ0n) is 10.5. The van der Waals surface area contributed by atoms with Crippen LogP contribution < -0.4 is 0 Å². The van der Waals surface area contributed by atoms with Crippen LogP contribution >= 0.6 is 0 Å². The lowest BCUT2D eigenvalue weighted by molar-refractivity contribution is -0.123. The van der Waals surface area contributed by atoms with E-state index < -0.39 is 0 Å². The van der Waals surface area contributed by atoms with E-state index in [2.05, 4.69) is 11.1 Å². The van der Waals surface area contributed by atoms with Gasteiger partial charge >= 0.3 is 0 Å². The molecule has 0 radical (unpaired) electrons. The second-order valence-electron chi connectivity index (χ2n) is 3.95. The number of nitrogens with zero attached hydrogens (tertiary/aromatic N) is 3. The number of ether oxygens (including phenoxy) is 1. The van der Waals surface area contributed by atoms with Crippen LogP contribution in [0.4, 0.5) is 0 Å². The second-order valence-corrected chi connectivity index (χ2v) is 3.95. The lowest BCUT2D eigenvalue weighted by Gasteiger charge is -2.20. The summed E-state index contributed by atoms with van der Waals surface area (Å²) < 4.78 is 4.81. The molecule has 1 rings (SSSR count). The molecule has 1 heterocycles. The Morgan fingerprint density at radius 1 is 1.61 bits per heavy atom. The monoisotopic (exact) mass is 247 g/mol. The number of carbonyl (C=O) groups is 1. The van der Waals surface area contributed by atoms with Crippen molar-refractivity contribution in [3.8, 4) is 6.07 Å². The summed E-state index contributed by atoms with van der Waals surface area (Å²) in [6.07, 6.45) is 3.87. The Hall–Kier alpha value is -1.77. The van der Waals surface area contributed by atoms with Gasteiger partial charge in [0.2, 0.25) is 0 Å². The Labute approximate surface area is 107 Å². The van der Waals surface area contributed by atoms with Gasteiger partial charge in [-0.3, -0.25) is 14.7 Å². The number of nitriles is 1. The van der Waals surface area contributed by atoms with Crippen molar-refractivity contribution in [1.29, 1.82) is 5.26 Å². The van der Waals surface area contributed by atoms with Crippen molar-refractivity contribution in [3.05, 3.63) is 30.1 Å². The molecule has 0 saturated carbocycles. The number of rotatable bonds is 8. The van der Waals surface area contributed by atoms with E-state index in [9.17, 15) is 4.79 Å². The maximum absolute atomic E-state index is 11.5. The maximum Gasteiger partial charge on any atom is 0.172 e. The summed E-state index contributed by atoms with van der Waals surface area (Å²) in [5, 5.41) is 8.62. The molecule has 96 valence electrons. The van der Waals surface area contributed by atoms with Crippen LogP contribution in [0.2, 0.25) is 0 Å². The first-order chi connectivity index (χ1) is 8.76. The highest BCUT2D eigenvalue weighted by molar-refractivity contribution is 5.81. The summed E-state index contributed by atoms with van der Waals surface area (Å²) in [5.74, 6) is 0.0133. The maximum atomic E-state index is 11.5. The average molecular weight is 247 g/mol. The summed E-state index contributed by atoms with van der Waals surface area (Å²) in [6.45, 7) is 1.59. The number of hydrogen-bond acceptors (Lipinski definition) is 5. The predicted octanol–water partition coefficient (Wildman–Crippen LogP) is 1.01. The topological polar surface area (TPSA) is 66.2 Å². The fraction of sp³-hybridized carbons (Fsp3) is 0.462. The van der Waals surface area contributed by atoms with E-state index in [0.29, 0.717) is 26.1 Å². The molecule has 5 nitrogen and oxygen atoms in total. The molecule has 0 atom stereocenters. The Morgan fingerprint density at radius 3 is 3.06 bits per heavy atom. The quantitative estimate of drug-likeness (QED) is 0.686. The highest BCUT2D eigenvalue weighted by atomic mass is 16.5. The van der Waals surface area contributed by atoms with E-state index in [0.717, 1.165) is 5.56 Å². The van der Waals surface area contributed by atoms with E-state index in [-0.39, 0.29) is 12.4 Å². The van der Waals surface area contributed by atoms with Gasteiger partial charge in [-0.25, -0.2) is 0 Å². The molecule has 0 unspecified atom stereocenters. The first-order valence-corrected chi connectivity index (χ1v) is 5.75. The third kappa shape index (κ3) is 5.53. The Bertz CT molecular complexity index is 400. The van der Waals surface area contributed by atoms with Gasteiger partial charge in [-0.1, -0.05) is 6.07 Å². The van der Waals surface area contributed by atoms with Crippen LogP contribution in [0.25, 0.3) is 0 Å². The van der Waals surface area contributed by atoms with E-state index in [1.165, 1.54) is 7.11 Å². The van der Waals surface area contributed by atoms with Crippen LogP contribution in [0.5, 0.6) is 0 Å². The van der Waals surface area contributed by atoms with Crippen molar-refractivity contribution in [3.63, 3.8) is 0 Å². The van der Waals surface area contributed by atoms with Gasteiger partial charge in [-0.15, -0.1) is 0 Å². The average Bonchev–Trinajstić information content (AvgIpc) is 2.37. The molecule has 0 aliphatic carbocycles. The van der Waals surface area contributed by atoms with E-state index in [1.807, 2.05) is 17.0 Å². The predicted molar refractivity (Wildman–Crippen MR) is 66.6 cm³/mol. The smallest absolute Gasteiger partial charge is 0.172 e. The second kappa shape index (κ2) is 8.34. The van der Waals surface area contributed by atoms with Gasteiger partial charge in [0.25, 0.3) is 0 Å². The first kappa shape index (κ1) is 14.3. The highest BCUT2D eigenvalue weighted by Gasteiger charge is 2.11. The molecular formula is C13H17N3O2. The molecule has 0 spiro atoms. The standard InChI is InChI=1S/C13H17N3O2/c1-18-11-13(17)10-16(7-3-5-14)9-12-4-2-6-15-8-12/h2,4,6,8H,3,7,9-11H2,1H3. The molecule has 0 saturated heterocycles. The van der Waals surface area contributed by atoms with Crippen molar-refractivity contribution in [1.82, 2.24) is 9.88 Å². The molecule has 18 heavy (non-hydrogen) atoms. The molecule has 0 aliphatic heterocycles. The highest BCUT2D eigenvalue weighted by Crippen LogP contribution is 2.03. The molecular weight excluding hydrogens is 230 g/mol. The summed E-state index contributed by atoms with van der Waals surface area (Å²) in [6, 6.07) is 5.90. The third-order valence-corrected chi connectivity index (χ3v) is 2.37. The van der Waals surface area contributed by atoms with Crippen LogP contribution in [-0.2, 0) is 16.1 Å². The lowest BCUT2D eigenvalue weighted by Crippen LogP contribution is -2.32. The SMILES string of the molecule is COCC(=O)CN(CCC#N)Cc1cccnc1. The van der Waals surface area contributed by atoms with Crippen molar-refractivity contribution in [2.75, 3.05) is 26.8 Å². The fourth-order valence-corrected chi connectivity index (χ4v) is 1.63. The third-order valence-electron chi connectivity index (χ3n) is 2.37. The van der Waals surface area contributed by atoms with Gasteiger partial charge in [0.05, 0.1) is 12.6 Å². The zero-order valence-corrected chi connectivity index (χ0v) is 10.5. The molecule has 0 amide bonds. The van der Waals surface area contributed by atoms with Crippen LogP contribution in [0, 0.1) is 11.3 Å². The number of Topliss-reactive ketones (excluding diaryl/α,β-unsaturated/α-hetero) is 1. The van der Waals surface area contributed by atoms with Gasteiger partial charge in [-0.2, -0.15) is 5.26 Å². The molecule has 5 heteroatoms. The van der Waals surface area contributed by atoms with Gasteiger partial charge in [-0.05, 0) is 11.6 Å². The molecule has 0 bridgehead atoms. The lowest BCUT2D eigenvalue weighted by atomic mass is 10.2. The van der Waals surface area contributed by atoms with Crippen molar-refractivity contribution >= 4 is 5.78 Å². The normalized spacial score (nSPS) is 10.3. The Balaban J connectivity index is 2.55. The number of carbonyl (C=O) groups excluding carboxylic acids is 1. The Morgan fingerprint density at radius 2 is 2.44 bits per heavy atom. The first-order valence-electron chi connectivity index (χ1n) is 5.75. The van der Waals surface area contributed by atoms with Crippen LogP contribution in [-0.4, -0.2) is 42.5 Å². The number of pyridine rings is 1. The minimum atomic E-state index is 0.0133. The summed E-state index contributed by atoms with van der Waals surface area (Å²) in [5.41, 5.74) is 1.03. The van der Waals surface area contributed by atoms with Crippen molar-refractivity contribution in [2.45, 2.75) is 13.0 Å². The van der Waals surface area contributed by atoms with Gasteiger partial charge in [0.15, 0.2) is 5.78 Å². The van der Waals surface area contributed by atoms with Gasteiger partial charge < -0.3 is 4.74 Å². The number of hydrogen-bond donors (Lipinski definition) is 0. The van der Waals surface area contributed by atoms with Crippen molar-refractivity contribution in [2.24, 2.45) is 0 Å². The van der Waals surface area contributed by atoms with E-state index in [1.54, 1.807) is 12.4 Å². The van der Waals surface area contributed by atoms with Gasteiger partial charge in [0, 0.05) is 39.0 Å². The molecule has 1 aromatic heterocycles. The molecule has 0 aliphatic rings. The van der Waals surface area contributed by atoms with Crippen LogP contribution in [0.3, 0.4) is 0 Å². The Kier molecular flexibility index (Phi) is 6.62. The fourth-order valence-electron chi connectivity index (χ4n) is 1.63. The minimum Gasteiger partial charge on any atom is -0.377 e. The molecule has 0 fully saturated rings. The minimum absolute atomic E-state index is 0.0133. The van der Waals surface area contributed by atoms with Crippen LogP contribution in [0.15, 0.2) is 24.5 Å². The van der Waals surface area contributed by atoms with Crippen LogP contribution in [0.1, 0.15) is 12.0 Å². The van der Waals surface area contributed by atoms with Crippen molar-refractivity contribution < 1.29 is 9.53 Å². The number of aromatic nitrogens is 1.